The van der Waals surface area contributed by atoms with Crippen molar-refractivity contribution in [1.29, 1.82) is 0 Å². The Hall–Kier alpha value is -3.26. The van der Waals surface area contributed by atoms with Crippen molar-refractivity contribution in [2.45, 2.75) is 71.6 Å². The predicted molar refractivity (Wildman–Crippen MR) is 139 cm³/mol. The van der Waals surface area contributed by atoms with Crippen molar-refractivity contribution in [3.05, 3.63) is 54.1 Å². The smallest absolute Gasteiger partial charge is 0.384 e. The van der Waals surface area contributed by atoms with Gasteiger partial charge in [-0.05, 0) is 74.4 Å². The van der Waals surface area contributed by atoms with Crippen molar-refractivity contribution in [1.82, 2.24) is 0 Å². The first kappa shape index (κ1) is 28.0. The summed E-state index contributed by atoms with van der Waals surface area (Å²) in [5, 5.41) is 0. The fourth-order valence-corrected chi connectivity index (χ4v) is 3.55. The van der Waals surface area contributed by atoms with Crippen LogP contribution in [0.3, 0.4) is 0 Å². The van der Waals surface area contributed by atoms with Crippen molar-refractivity contribution in [2.24, 2.45) is 0 Å². The Morgan fingerprint density at radius 3 is 1.83 bits per heavy atom. The van der Waals surface area contributed by atoms with Crippen LogP contribution in [0, 0.1) is 11.8 Å². The quantitative estimate of drug-likeness (QED) is 0.113. The van der Waals surface area contributed by atoms with Crippen LogP contribution in [0.1, 0.15) is 82.0 Å². The lowest BCUT2D eigenvalue weighted by Crippen LogP contribution is -2.06. The molecule has 0 aliphatic heterocycles. The van der Waals surface area contributed by atoms with Crippen LogP contribution >= 0.6 is 0 Å². The van der Waals surface area contributed by atoms with Crippen LogP contribution in [-0.2, 0) is 14.3 Å². The maximum absolute atomic E-state index is 12.3. The van der Waals surface area contributed by atoms with Gasteiger partial charge in [-0.1, -0.05) is 62.8 Å². The van der Waals surface area contributed by atoms with Gasteiger partial charge < -0.3 is 14.2 Å². The summed E-state index contributed by atoms with van der Waals surface area (Å²) in [6.45, 7) is 5.32. The molecule has 35 heavy (non-hydrogen) atoms. The Balaban J connectivity index is 1.65. The first-order valence-corrected chi connectivity index (χ1v) is 12.7. The van der Waals surface area contributed by atoms with Gasteiger partial charge in [0, 0.05) is 5.92 Å². The fourth-order valence-electron chi connectivity index (χ4n) is 3.55. The molecule has 0 heterocycles. The maximum atomic E-state index is 12.3. The molecule has 0 saturated carbocycles. The molecule has 0 aliphatic rings. The molecule has 188 valence electrons. The summed E-state index contributed by atoms with van der Waals surface area (Å²) in [6, 6.07) is 15.5. The Bertz CT molecular complexity index is 935. The van der Waals surface area contributed by atoms with Crippen LogP contribution in [0.2, 0.25) is 0 Å². The molecule has 0 bridgehead atoms. The number of esters is 2. The SMILES string of the molecule is CC#CC(=O)OCCCCCCOC(=O)c1ccc(-c2ccc(OCCCCCCC)cc2)cc1. The molecule has 2 aromatic rings. The molecule has 0 unspecified atom stereocenters. The first-order valence-electron chi connectivity index (χ1n) is 12.7. The van der Waals surface area contributed by atoms with Gasteiger partial charge in [0.15, 0.2) is 0 Å². The van der Waals surface area contributed by atoms with E-state index >= 15 is 0 Å². The second kappa shape index (κ2) is 17.2. The minimum absolute atomic E-state index is 0.314. The molecular formula is C30H38O5. The van der Waals surface area contributed by atoms with Crippen molar-refractivity contribution in [3.63, 3.8) is 0 Å². The van der Waals surface area contributed by atoms with Gasteiger partial charge in [-0.3, -0.25) is 0 Å². The molecule has 0 N–H and O–H groups in total. The van der Waals surface area contributed by atoms with Crippen molar-refractivity contribution >= 4 is 11.9 Å². The molecule has 0 atom stereocenters. The van der Waals surface area contributed by atoms with Crippen LogP contribution < -0.4 is 4.74 Å². The van der Waals surface area contributed by atoms with E-state index in [0.717, 1.165) is 55.6 Å². The third kappa shape index (κ3) is 11.6. The molecule has 0 aliphatic carbocycles. The summed E-state index contributed by atoms with van der Waals surface area (Å²) in [4.78, 5) is 23.4. The molecule has 2 rings (SSSR count). The zero-order valence-corrected chi connectivity index (χ0v) is 21.1. The number of hydrogen-bond donors (Lipinski definition) is 0. The molecule has 5 nitrogen and oxygen atoms in total. The van der Waals surface area contributed by atoms with E-state index in [2.05, 4.69) is 18.8 Å². The summed E-state index contributed by atoms with van der Waals surface area (Å²) >= 11 is 0. The minimum Gasteiger partial charge on any atom is -0.494 e. The zero-order valence-electron chi connectivity index (χ0n) is 21.1. The summed E-state index contributed by atoms with van der Waals surface area (Å²) < 4.78 is 16.2. The maximum Gasteiger partial charge on any atom is 0.384 e. The fraction of sp³-hybridized carbons (Fsp3) is 0.467. The minimum atomic E-state index is -0.484. The number of hydrogen-bond acceptors (Lipinski definition) is 5. The highest BCUT2D eigenvalue weighted by atomic mass is 16.5. The second-order valence-electron chi connectivity index (χ2n) is 8.43. The Morgan fingerprint density at radius 2 is 1.23 bits per heavy atom. The van der Waals surface area contributed by atoms with E-state index in [1.54, 1.807) is 19.1 Å². The van der Waals surface area contributed by atoms with Crippen molar-refractivity contribution in [2.75, 3.05) is 19.8 Å². The van der Waals surface area contributed by atoms with E-state index in [-0.39, 0.29) is 5.97 Å². The van der Waals surface area contributed by atoms with Gasteiger partial charge in [-0.2, -0.15) is 0 Å². The summed E-state index contributed by atoms with van der Waals surface area (Å²) in [6.07, 6.45) is 9.49. The zero-order chi connectivity index (χ0) is 25.1. The average molecular weight is 479 g/mol. The molecule has 0 spiro atoms. The lowest BCUT2D eigenvalue weighted by molar-refractivity contribution is -0.136. The van der Waals surface area contributed by atoms with E-state index < -0.39 is 5.97 Å². The van der Waals surface area contributed by atoms with Gasteiger partial charge >= 0.3 is 11.9 Å². The van der Waals surface area contributed by atoms with Gasteiger partial charge in [0.05, 0.1) is 25.4 Å². The van der Waals surface area contributed by atoms with Gasteiger partial charge in [-0.25, -0.2) is 9.59 Å². The molecule has 0 radical (unpaired) electrons. The first-order chi connectivity index (χ1) is 17.1. The second-order valence-corrected chi connectivity index (χ2v) is 8.43. The average Bonchev–Trinajstić information content (AvgIpc) is 2.88. The van der Waals surface area contributed by atoms with E-state index in [0.29, 0.717) is 18.8 Å². The number of rotatable bonds is 16. The summed E-state index contributed by atoms with van der Waals surface area (Å²) in [5.41, 5.74) is 2.66. The number of benzene rings is 2. The lowest BCUT2D eigenvalue weighted by atomic mass is 10.0. The van der Waals surface area contributed by atoms with E-state index in [1.165, 1.54) is 25.7 Å². The highest BCUT2D eigenvalue weighted by Gasteiger charge is 2.08. The van der Waals surface area contributed by atoms with Crippen molar-refractivity contribution in [3.8, 4) is 28.7 Å². The molecule has 0 fully saturated rings. The monoisotopic (exact) mass is 478 g/mol. The topological polar surface area (TPSA) is 61.8 Å². The summed E-state index contributed by atoms with van der Waals surface area (Å²) in [7, 11) is 0. The van der Waals surface area contributed by atoms with Crippen LogP contribution in [-0.4, -0.2) is 31.8 Å². The predicted octanol–water partition coefficient (Wildman–Crippen LogP) is 6.99. The number of ether oxygens (including phenoxy) is 3. The third-order valence-corrected chi connectivity index (χ3v) is 5.56. The highest BCUT2D eigenvalue weighted by molar-refractivity contribution is 5.90. The van der Waals surface area contributed by atoms with Crippen LogP contribution in [0.4, 0.5) is 0 Å². The van der Waals surface area contributed by atoms with Gasteiger partial charge in [0.1, 0.15) is 5.75 Å². The Morgan fingerprint density at radius 1 is 0.686 bits per heavy atom. The highest BCUT2D eigenvalue weighted by Crippen LogP contribution is 2.23. The standard InChI is InChI=1S/C30H38O5/c1-3-5-6-7-10-22-33-28-20-18-26(19-21-28)25-14-16-27(17-15-25)30(32)35-24-12-9-8-11-23-34-29(31)13-4-2/h14-21H,3,5-12,22-24H2,1-2H3. The number of carbonyl (C=O) groups is 2. The lowest BCUT2D eigenvalue weighted by Gasteiger charge is -2.08. The van der Waals surface area contributed by atoms with Crippen molar-refractivity contribution < 1.29 is 23.8 Å². The molecule has 2 aromatic carbocycles. The molecular weight excluding hydrogens is 440 g/mol. The van der Waals surface area contributed by atoms with E-state index in [4.69, 9.17) is 14.2 Å². The van der Waals surface area contributed by atoms with Crippen LogP contribution in [0.5, 0.6) is 5.75 Å². The third-order valence-electron chi connectivity index (χ3n) is 5.56. The molecule has 5 heteroatoms. The van der Waals surface area contributed by atoms with Crippen LogP contribution in [0.25, 0.3) is 11.1 Å². The molecule has 0 aromatic heterocycles. The largest absolute Gasteiger partial charge is 0.494 e. The van der Waals surface area contributed by atoms with Gasteiger partial charge in [-0.15, -0.1) is 0 Å². The molecule has 0 saturated heterocycles. The van der Waals surface area contributed by atoms with E-state index in [1.807, 2.05) is 36.4 Å². The van der Waals surface area contributed by atoms with Gasteiger partial charge in [0.25, 0.3) is 0 Å². The van der Waals surface area contributed by atoms with Gasteiger partial charge in [0.2, 0.25) is 0 Å². The van der Waals surface area contributed by atoms with E-state index in [9.17, 15) is 9.59 Å². The molecule has 0 amide bonds. The normalized spacial score (nSPS) is 10.2. The number of carbonyl (C=O) groups excluding carboxylic acids is 2. The summed E-state index contributed by atoms with van der Waals surface area (Å²) in [5.74, 6) is 4.93. The van der Waals surface area contributed by atoms with Crippen LogP contribution in [0.15, 0.2) is 48.5 Å². The number of unbranched alkanes of at least 4 members (excludes halogenated alkanes) is 7. The Kier molecular flexibility index (Phi) is 13.8. The Labute approximate surface area is 210 Å².